The van der Waals surface area contributed by atoms with Gasteiger partial charge in [-0.05, 0) is 72.9 Å². The fraction of sp³-hybridized carbons (Fsp3) is 0.250. The maximum Gasteiger partial charge on any atom is 0.252 e. The molecule has 190 valence electrons. The molecule has 2 aromatic carbocycles. The van der Waals surface area contributed by atoms with Crippen LogP contribution in [0, 0.1) is 11.7 Å². The van der Waals surface area contributed by atoms with Crippen LogP contribution < -0.4 is 5.32 Å². The van der Waals surface area contributed by atoms with Crippen LogP contribution in [0.5, 0.6) is 0 Å². The molecule has 3 heterocycles. The van der Waals surface area contributed by atoms with Crippen molar-refractivity contribution in [2.45, 2.75) is 31.2 Å². The van der Waals surface area contributed by atoms with Crippen molar-refractivity contribution in [1.82, 2.24) is 19.6 Å². The quantitative estimate of drug-likeness (QED) is 0.396. The van der Waals surface area contributed by atoms with Gasteiger partial charge in [-0.15, -0.1) is 0 Å². The molecular formula is C28H27FN4O3S. The minimum absolute atomic E-state index is 0.139. The summed E-state index contributed by atoms with van der Waals surface area (Å²) in [6, 6.07) is 15.9. The molecule has 0 atom stereocenters. The number of hydrogen-bond donors (Lipinski definition) is 1. The lowest BCUT2D eigenvalue weighted by Gasteiger charge is -2.29. The second-order valence-corrected chi connectivity index (χ2v) is 11.3. The highest BCUT2D eigenvalue weighted by Crippen LogP contribution is 2.29. The second kappa shape index (κ2) is 10.4. The van der Waals surface area contributed by atoms with Gasteiger partial charge in [-0.3, -0.25) is 9.78 Å². The highest BCUT2D eigenvalue weighted by atomic mass is 32.2. The molecule has 5 rings (SSSR count). The van der Waals surface area contributed by atoms with E-state index in [0.717, 1.165) is 24.0 Å². The van der Waals surface area contributed by atoms with Crippen molar-refractivity contribution in [2.75, 3.05) is 13.1 Å². The molecule has 2 aromatic heterocycles. The van der Waals surface area contributed by atoms with E-state index in [0.29, 0.717) is 41.2 Å². The van der Waals surface area contributed by atoms with Crippen LogP contribution in [0.15, 0.2) is 78.0 Å². The first-order valence-corrected chi connectivity index (χ1v) is 13.6. The van der Waals surface area contributed by atoms with Gasteiger partial charge in [0.05, 0.1) is 21.7 Å². The molecule has 37 heavy (non-hydrogen) atoms. The summed E-state index contributed by atoms with van der Waals surface area (Å²) in [7, 11) is -3.71. The number of carbonyl (C=O) groups excluding carboxylic acids is 1. The lowest BCUT2D eigenvalue weighted by atomic mass is 10.0. The third-order valence-corrected chi connectivity index (χ3v) is 8.64. The molecule has 0 aliphatic carbocycles. The van der Waals surface area contributed by atoms with Crippen LogP contribution in [0.1, 0.15) is 35.7 Å². The number of rotatable bonds is 6. The summed E-state index contributed by atoms with van der Waals surface area (Å²) >= 11 is 0. The molecule has 9 heteroatoms. The molecule has 1 aliphatic rings. The Labute approximate surface area is 215 Å². The summed E-state index contributed by atoms with van der Waals surface area (Å²) in [5.41, 5.74) is 2.91. The average molecular weight is 519 g/mol. The van der Waals surface area contributed by atoms with Gasteiger partial charge in [0.15, 0.2) is 0 Å². The Hall–Kier alpha value is -3.69. The third kappa shape index (κ3) is 5.38. The van der Waals surface area contributed by atoms with Crippen LogP contribution in [0.25, 0.3) is 22.2 Å². The minimum atomic E-state index is -3.71. The Morgan fingerprint density at radius 3 is 2.43 bits per heavy atom. The number of sulfonamides is 1. The first-order valence-electron chi connectivity index (χ1n) is 12.2. The summed E-state index contributed by atoms with van der Waals surface area (Å²) in [4.78, 5) is 22.3. The molecule has 1 fully saturated rings. The lowest BCUT2D eigenvalue weighted by molar-refractivity contribution is 0.0952. The van der Waals surface area contributed by atoms with Gasteiger partial charge in [0.25, 0.3) is 5.91 Å². The van der Waals surface area contributed by atoms with Crippen LogP contribution in [0.4, 0.5) is 4.39 Å². The highest BCUT2D eigenvalue weighted by Gasteiger charge is 2.29. The van der Waals surface area contributed by atoms with Crippen molar-refractivity contribution < 1.29 is 17.6 Å². The summed E-state index contributed by atoms with van der Waals surface area (Å²) in [6.07, 6.45) is 4.93. The molecule has 1 N–H and O–H groups in total. The van der Waals surface area contributed by atoms with Crippen molar-refractivity contribution in [2.24, 2.45) is 5.92 Å². The van der Waals surface area contributed by atoms with Gasteiger partial charge in [-0.1, -0.05) is 19.1 Å². The Balaban J connectivity index is 1.55. The number of pyridine rings is 2. The van der Waals surface area contributed by atoms with Crippen molar-refractivity contribution in [3.8, 4) is 11.3 Å². The molecule has 0 saturated carbocycles. The van der Waals surface area contributed by atoms with E-state index in [4.69, 9.17) is 4.98 Å². The zero-order valence-corrected chi connectivity index (χ0v) is 21.2. The Morgan fingerprint density at radius 2 is 1.73 bits per heavy atom. The Morgan fingerprint density at radius 1 is 1.03 bits per heavy atom. The Bertz CT molecular complexity index is 1540. The van der Waals surface area contributed by atoms with Gasteiger partial charge >= 0.3 is 0 Å². The number of nitrogens with zero attached hydrogens (tertiary/aromatic N) is 3. The summed E-state index contributed by atoms with van der Waals surface area (Å²) < 4.78 is 41.6. The fourth-order valence-electron chi connectivity index (χ4n) is 4.48. The van der Waals surface area contributed by atoms with Gasteiger partial charge in [0, 0.05) is 43.0 Å². The van der Waals surface area contributed by atoms with Crippen LogP contribution in [-0.4, -0.2) is 41.7 Å². The monoisotopic (exact) mass is 518 g/mol. The van der Waals surface area contributed by atoms with E-state index in [1.165, 1.54) is 16.4 Å². The molecule has 1 aliphatic heterocycles. The van der Waals surface area contributed by atoms with Gasteiger partial charge in [0.1, 0.15) is 5.82 Å². The molecule has 1 saturated heterocycles. The Kier molecular flexibility index (Phi) is 6.99. The molecule has 0 radical (unpaired) electrons. The smallest absolute Gasteiger partial charge is 0.252 e. The molecule has 7 nitrogen and oxygen atoms in total. The number of carbonyl (C=O) groups is 1. The van der Waals surface area contributed by atoms with E-state index >= 15 is 0 Å². The van der Waals surface area contributed by atoms with Crippen molar-refractivity contribution in [1.29, 1.82) is 0 Å². The van der Waals surface area contributed by atoms with Crippen molar-refractivity contribution in [3.63, 3.8) is 0 Å². The van der Waals surface area contributed by atoms with Crippen molar-refractivity contribution in [3.05, 3.63) is 90.0 Å². The molecule has 4 aromatic rings. The van der Waals surface area contributed by atoms with Gasteiger partial charge in [0.2, 0.25) is 10.0 Å². The minimum Gasteiger partial charge on any atom is -0.348 e. The average Bonchev–Trinajstić information content (AvgIpc) is 2.92. The third-order valence-electron chi connectivity index (χ3n) is 6.75. The maximum absolute atomic E-state index is 13.4. The van der Waals surface area contributed by atoms with E-state index in [2.05, 4.69) is 17.2 Å². The standard InChI is InChI=1S/C28H27FN4O3S/c1-19-10-14-33(15-11-19)37(35,36)23-6-7-26-24(16-23)25(17-27(32-26)21-8-12-30-13-9-21)28(34)31-18-20-2-4-22(29)5-3-20/h2-9,12-13,16-17,19H,10-11,14-15,18H2,1H3,(H,31,34). The summed E-state index contributed by atoms with van der Waals surface area (Å²) in [5.74, 6) is -0.238. The predicted octanol–water partition coefficient (Wildman–Crippen LogP) is 4.79. The molecule has 0 bridgehead atoms. The highest BCUT2D eigenvalue weighted by molar-refractivity contribution is 7.89. The molecular weight excluding hydrogens is 491 g/mol. The number of benzene rings is 2. The summed E-state index contributed by atoms with van der Waals surface area (Å²) in [6.45, 7) is 3.28. The number of piperidine rings is 1. The van der Waals surface area contributed by atoms with E-state index < -0.39 is 10.0 Å². The van der Waals surface area contributed by atoms with E-state index in [-0.39, 0.29) is 23.2 Å². The SMILES string of the molecule is CC1CCN(S(=O)(=O)c2ccc3nc(-c4ccncc4)cc(C(=O)NCc4ccc(F)cc4)c3c2)CC1. The number of halogens is 1. The number of amides is 1. The number of fused-ring (bicyclic) bond motifs is 1. The van der Waals surface area contributed by atoms with Crippen LogP contribution in [0.2, 0.25) is 0 Å². The lowest BCUT2D eigenvalue weighted by Crippen LogP contribution is -2.37. The first-order chi connectivity index (χ1) is 17.8. The zero-order valence-electron chi connectivity index (χ0n) is 20.4. The maximum atomic E-state index is 13.4. The van der Waals surface area contributed by atoms with E-state index in [9.17, 15) is 17.6 Å². The van der Waals surface area contributed by atoms with E-state index in [1.807, 2.05) is 0 Å². The van der Waals surface area contributed by atoms with Crippen LogP contribution in [-0.2, 0) is 16.6 Å². The van der Waals surface area contributed by atoms with Crippen molar-refractivity contribution >= 4 is 26.8 Å². The van der Waals surface area contributed by atoms with Gasteiger partial charge < -0.3 is 5.32 Å². The number of aromatic nitrogens is 2. The molecule has 0 unspecified atom stereocenters. The number of hydrogen-bond acceptors (Lipinski definition) is 5. The molecule has 1 amide bonds. The van der Waals surface area contributed by atoms with E-state index in [1.54, 1.807) is 60.9 Å². The van der Waals surface area contributed by atoms with Gasteiger partial charge in [-0.25, -0.2) is 17.8 Å². The summed E-state index contributed by atoms with van der Waals surface area (Å²) in [5, 5.41) is 3.32. The van der Waals surface area contributed by atoms with Crippen LogP contribution in [0.3, 0.4) is 0 Å². The largest absolute Gasteiger partial charge is 0.348 e. The predicted molar refractivity (Wildman–Crippen MR) is 140 cm³/mol. The fourth-order valence-corrected chi connectivity index (χ4v) is 5.97. The second-order valence-electron chi connectivity index (χ2n) is 9.37. The number of nitrogens with one attached hydrogen (secondary N) is 1. The zero-order chi connectivity index (χ0) is 26.0. The van der Waals surface area contributed by atoms with Crippen LogP contribution >= 0.6 is 0 Å². The normalized spacial score (nSPS) is 15.1. The topological polar surface area (TPSA) is 92.3 Å². The van der Waals surface area contributed by atoms with Gasteiger partial charge in [-0.2, -0.15) is 4.31 Å². The molecule has 0 spiro atoms. The first kappa shape index (κ1) is 25.0.